The quantitative estimate of drug-likeness (QED) is 0.754. The first-order valence-corrected chi connectivity index (χ1v) is 7.51. The van der Waals surface area contributed by atoms with Crippen molar-refractivity contribution >= 4 is 11.8 Å². The maximum Gasteiger partial charge on any atom is 0.125 e. The van der Waals surface area contributed by atoms with E-state index in [9.17, 15) is 0 Å². The van der Waals surface area contributed by atoms with Crippen LogP contribution in [0, 0.1) is 13.8 Å². The summed E-state index contributed by atoms with van der Waals surface area (Å²) in [4.78, 5) is 0. The Bertz CT molecular complexity index is 329. The third-order valence-corrected chi connectivity index (χ3v) is 3.21. The highest BCUT2D eigenvalue weighted by molar-refractivity contribution is 7.98. The van der Waals surface area contributed by atoms with Crippen LogP contribution in [0.3, 0.4) is 0 Å². The van der Waals surface area contributed by atoms with Gasteiger partial charge in [0.25, 0.3) is 0 Å². The van der Waals surface area contributed by atoms with Crippen LogP contribution in [-0.4, -0.2) is 25.2 Å². The van der Waals surface area contributed by atoms with Crippen molar-refractivity contribution in [3.05, 3.63) is 28.8 Å². The van der Waals surface area contributed by atoms with Crippen molar-refractivity contribution in [1.29, 1.82) is 0 Å². The first-order chi connectivity index (χ1) is 8.19. The highest BCUT2D eigenvalue weighted by Gasteiger charge is 2.06. The van der Waals surface area contributed by atoms with Gasteiger partial charge in [-0.1, -0.05) is 19.1 Å². The van der Waals surface area contributed by atoms with E-state index in [4.69, 9.17) is 4.74 Å². The molecule has 0 saturated carbocycles. The zero-order valence-corrected chi connectivity index (χ0v) is 12.1. The Hall–Kier alpha value is -0.670. The minimum atomic E-state index is 0.787. The molecule has 1 N–H and O–H groups in total. The average Bonchev–Trinajstić information content (AvgIpc) is 2.30. The second kappa shape index (κ2) is 7.62. The number of thioether (sulfide) groups is 1. The molecule has 1 rings (SSSR count). The highest BCUT2D eigenvalue weighted by atomic mass is 32.2. The fourth-order valence-corrected chi connectivity index (χ4v) is 2.12. The number of ether oxygens (including phenoxy) is 1. The summed E-state index contributed by atoms with van der Waals surface area (Å²) in [7, 11) is 0. The normalized spacial score (nSPS) is 10.6. The van der Waals surface area contributed by atoms with Gasteiger partial charge in [-0.15, -0.1) is 0 Å². The minimum absolute atomic E-state index is 0.787. The van der Waals surface area contributed by atoms with Crippen LogP contribution in [0.2, 0.25) is 0 Å². The summed E-state index contributed by atoms with van der Waals surface area (Å²) >= 11 is 1.81. The van der Waals surface area contributed by atoms with Crippen molar-refractivity contribution in [3.8, 4) is 5.75 Å². The van der Waals surface area contributed by atoms with Gasteiger partial charge < -0.3 is 10.1 Å². The van der Waals surface area contributed by atoms with Crippen molar-refractivity contribution in [2.24, 2.45) is 0 Å². The van der Waals surface area contributed by atoms with Gasteiger partial charge in [0.05, 0.1) is 6.61 Å². The molecule has 0 bridgehead atoms. The Morgan fingerprint density at radius 3 is 2.41 bits per heavy atom. The van der Waals surface area contributed by atoms with E-state index in [2.05, 4.69) is 44.5 Å². The summed E-state index contributed by atoms with van der Waals surface area (Å²) in [6, 6.07) is 4.42. The van der Waals surface area contributed by atoms with Crippen molar-refractivity contribution < 1.29 is 4.74 Å². The topological polar surface area (TPSA) is 21.3 Å². The largest absolute Gasteiger partial charge is 0.492 e. The molecule has 0 saturated heterocycles. The van der Waals surface area contributed by atoms with Crippen molar-refractivity contribution in [2.45, 2.75) is 27.3 Å². The smallest absolute Gasteiger partial charge is 0.125 e. The van der Waals surface area contributed by atoms with Gasteiger partial charge in [0.2, 0.25) is 0 Å². The summed E-state index contributed by atoms with van der Waals surface area (Å²) in [5, 5.41) is 3.35. The molecule has 0 heterocycles. The molecule has 0 amide bonds. The molecule has 0 spiro atoms. The molecule has 17 heavy (non-hydrogen) atoms. The van der Waals surface area contributed by atoms with Crippen LogP contribution >= 0.6 is 11.8 Å². The molecule has 2 nitrogen and oxygen atoms in total. The van der Waals surface area contributed by atoms with E-state index < -0.39 is 0 Å². The van der Waals surface area contributed by atoms with Crippen LogP contribution in [0.1, 0.15) is 23.6 Å². The Labute approximate surface area is 109 Å². The summed E-state index contributed by atoms with van der Waals surface area (Å²) in [6.45, 7) is 9.09. The molecule has 0 aliphatic carbocycles. The zero-order valence-electron chi connectivity index (χ0n) is 11.3. The third kappa shape index (κ3) is 4.60. The molecule has 96 valence electrons. The van der Waals surface area contributed by atoms with Gasteiger partial charge in [-0.3, -0.25) is 0 Å². The van der Waals surface area contributed by atoms with Gasteiger partial charge in [-0.2, -0.15) is 11.8 Å². The first kappa shape index (κ1) is 14.4. The van der Waals surface area contributed by atoms with E-state index in [-0.39, 0.29) is 0 Å². The van der Waals surface area contributed by atoms with Crippen molar-refractivity contribution in [2.75, 3.05) is 25.2 Å². The molecule has 1 aromatic carbocycles. The summed E-state index contributed by atoms with van der Waals surface area (Å²) in [5.41, 5.74) is 3.80. The summed E-state index contributed by atoms with van der Waals surface area (Å²) in [5.74, 6) is 2.09. The Morgan fingerprint density at radius 1 is 1.24 bits per heavy atom. The molecule has 0 atom stereocenters. The van der Waals surface area contributed by atoms with E-state index in [0.29, 0.717) is 0 Å². The molecule has 0 radical (unpaired) electrons. The molecular weight excluding hydrogens is 230 g/mol. The van der Waals surface area contributed by atoms with E-state index in [1.54, 1.807) is 0 Å². The molecule has 0 aromatic heterocycles. The predicted molar refractivity (Wildman–Crippen MR) is 77.2 cm³/mol. The summed E-state index contributed by atoms with van der Waals surface area (Å²) in [6.07, 6.45) is 2.10. The molecule has 1 aromatic rings. The average molecular weight is 253 g/mol. The summed E-state index contributed by atoms with van der Waals surface area (Å²) < 4.78 is 5.83. The molecule has 0 aliphatic rings. The minimum Gasteiger partial charge on any atom is -0.492 e. The number of rotatable bonds is 7. The molecule has 0 fully saturated rings. The van der Waals surface area contributed by atoms with Crippen molar-refractivity contribution in [3.63, 3.8) is 0 Å². The third-order valence-electron chi connectivity index (χ3n) is 2.63. The molecular formula is C14H23NOS. The number of benzene rings is 1. The van der Waals surface area contributed by atoms with Gasteiger partial charge in [0.15, 0.2) is 0 Å². The lowest BCUT2D eigenvalue weighted by Crippen LogP contribution is -2.12. The fraction of sp³-hybridized carbons (Fsp3) is 0.571. The van der Waals surface area contributed by atoms with Gasteiger partial charge >= 0.3 is 0 Å². The van der Waals surface area contributed by atoms with E-state index in [0.717, 1.165) is 31.2 Å². The van der Waals surface area contributed by atoms with Gasteiger partial charge in [0.1, 0.15) is 5.75 Å². The monoisotopic (exact) mass is 253 g/mol. The van der Waals surface area contributed by atoms with Gasteiger partial charge in [0, 0.05) is 12.3 Å². The van der Waals surface area contributed by atoms with Crippen LogP contribution in [0.5, 0.6) is 5.75 Å². The van der Waals surface area contributed by atoms with E-state index in [1.807, 2.05) is 11.8 Å². The number of nitrogens with one attached hydrogen (secondary N) is 1. The fourth-order valence-electron chi connectivity index (χ4n) is 1.87. The second-order valence-electron chi connectivity index (χ2n) is 4.18. The van der Waals surface area contributed by atoms with Crippen LogP contribution in [0.15, 0.2) is 12.1 Å². The number of hydrogen-bond donors (Lipinski definition) is 1. The number of aryl methyl sites for hydroxylation is 2. The zero-order chi connectivity index (χ0) is 12.7. The van der Waals surface area contributed by atoms with E-state index in [1.165, 1.54) is 16.7 Å². The second-order valence-corrected chi connectivity index (χ2v) is 5.17. The molecule has 0 aliphatic heterocycles. The van der Waals surface area contributed by atoms with Crippen LogP contribution in [0.25, 0.3) is 0 Å². The highest BCUT2D eigenvalue weighted by Crippen LogP contribution is 2.25. The first-order valence-electron chi connectivity index (χ1n) is 6.11. The van der Waals surface area contributed by atoms with Gasteiger partial charge in [-0.05, 0) is 43.3 Å². The molecule has 3 heteroatoms. The van der Waals surface area contributed by atoms with Crippen LogP contribution < -0.4 is 10.1 Å². The lowest BCUT2D eigenvalue weighted by Gasteiger charge is -2.14. The lowest BCUT2D eigenvalue weighted by atomic mass is 10.1. The Balaban J connectivity index is 2.72. The molecule has 0 unspecified atom stereocenters. The standard InChI is InChI=1S/C14H23NOS/c1-5-15-10-13-8-11(2)14(12(3)9-13)16-6-7-17-4/h8-9,15H,5-7,10H2,1-4H3. The lowest BCUT2D eigenvalue weighted by molar-refractivity contribution is 0.339. The van der Waals surface area contributed by atoms with Crippen LogP contribution in [0.4, 0.5) is 0 Å². The SMILES string of the molecule is CCNCc1cc(C)c(OCCSC)c(C)c1. The maximum atomic E-state index is 5.83. The Kier molecular flexibility index (Phi) is 6.45. The van der Waals surface area contributed by atoms with Gasteiger partial charge in [-0.25, -0.2) is 0 Å². The van der Waals surface area contributed by atoms with E-state index >= 15 is 0 Å². The predicted octanol–water partition coefficient (Wildman–Crippen LogP) is 3.15. The maximum absolute atomic E-state index is 5.83. The van der Waals surface area contributed by atoms with Crippen LogP contribution in [-0.2, 0) is 6.54 Å². The number of hydrogen-bond acceptors (Lipinski definition) is 3. The Morgan fingerprint density at radius 2 is 1.88 bits per heavy atom. The van der Waals surface area contributed by atoms with Crippen molar-refractivity contribution in [1.82, 2.24) is 5.32 Å².